The first-order valence-corrected chi connectivity index (χ1v) is 5.68. The maximum Gasteiger partial charge on any atom is 0.165 e. The van der Waals surface area contributed by atoms with E-state index in [1.807, 2.05) is 0 Å². The number of nitrogens with zero attached hydrogens (tertiary/aromatic N) is 3. The minimum atomic E-state index is -0.420. The second-order valence-corrected chi connectivity index (χ2v) is 3.97. The number of methoxy groups -OCH3 is 1. The zero-order chi connectivity index (χ0) is 13.2. The fraction of sp³-hybridized carbons (Fsp3) is 0.0714. The van der Waals surface area contributed by atoms with Crippen LogP contribution in [0.4, 0.5) is 4.39 Å². The summed E-state index contributed by atoms with van der Waals surface area (Å²) in [5, 5.41) is 0. The first-order valence-electron chi connectivity index (χ1n) is 5.68. The van der Waals surface area contributed by atoms with Crippen LogP contribution in [0, 0.1) is 5.82 Å². The van der Waals surface area contributed by atoms with Crippen LogP contribution < -0.4 is 4.74 Å². The van der Waals surface area contributed by atoms with Gasteiger partial charge in [-0.15, -0.1) is 0 Å². The molecule has 0 radical (unpaired) electrons. The van der Waals surface area contributed by atoms with Crippen LogP contribution in [0.3, 0.4) is 0 Å². The van der Waals surface area contributed by atoms with E-state index in [2.05, 4.69) is 15.0 Å². The fourth-order valence-corrected chi connectivity index (χ4v) is 1.83. The van der Waals surface area contributed by atoms with Crippen molar-refractivity contribution in [2.75, 3.05) is 7.11 Å². The molecule has 3 aromatic rings. The Morgan fingerprint density at radius 2 is 2.00 bits per heavy atom. The Hall–Kier alpha value is -2.56. The van der Waals surface area contributed by atoms with Crippen molar-refractivity contribution in [2.45, 2.75) is 0 Å². The second kappa shape index (κ2) is 4.61. The number of ether oxygens (including phenoxy) is 1. The van der Waals surface area contributed by atoms with Gasteiger partial charge in [-0.2, -0.15) is 0 Å². The monoisotopic (exact) mass is 255 g/mol. The van der Waals surface area contributed by atoms with E-state index in [1.165, 1.54) is 13.2 Å². The number of aromatic nitrogens is 3. The van der Waals surface area contributed by atoms with E-state index in [0.717, 1.165) is 5.52 Å². The third-order valence-electron chi connectivity index (χ3n) is 2.79. The van der Waals surface area contributed by atoms with Gasteiger partial charge < -0.3 is 4.74 Å². The van der Waals surface area contributed by atoms with Crippen molar-refractivity contribution in [3.63, 3.8) is 0 Å². The first-order chi connectivity index (χ1) is 9.28. The Labute approximate surface area is 108 Å². The molecule has 1 aromatic carbocycles. The van der Waals surface area contributed by atoms with Gasteiger partial charge in [0.15, 0.2) is 11.6 Å². The van der Waals surface area contributed by atoms with Crippen LogP contribution in [0.25, 0.3) is 22.3 Å². The summed E-state index contributed by atoms with van der Waals surface area (Å²) in [4.78, 5) is 12.7. The van der Waals surface area contributed by atoms with E-state index in [-0.39, 0.29) is 5.75 Å². The molecule has 5 heteroatoms. The Bertz CT molecular complexity index is 746. The highest BCUT2D eigenvalue weighted by molar-refractivity contribution is 5.75. The minimum absolute atomic E-state index is 0.210. The molecule has 2 aromatic heterocycles. The SMILES string of the molecule is COc1ccc(-c2cnc3cnccc3n2)cc1F. The number of rotatable bonds is 2. The summed E-state index contributed by atoms with van der Waals surface area (Å²) in [6, 6.07) is 6.48. The van der Waals surface area contributed by atoms with Gasteiger partial charge in [0, 0.05) is 11.8 Å². The van der Waals surface area contributed by atoms with Crippen molar-refractivity contribution in [1.29, 1.82) is 0 Å². The molecule has 0 spiro atoms. The number of benzene rings is 1. The maximum absolute atomic E-state index is 13.7. The number of pyridine rings is 1. The van der Waals surface area contributed by atoms with Gasteiger partial charge in [0.25, 0.3) is 0 Å². The van der Waals surface area contributed by atoms with Gasteiger partial charge in [-0.05, 0) is 24.3 Å². The molecule has 0 bridgehead atoms. The van der Waals surface area contributed by atoms with E-state index in [4.69, 9.17) is 4.74 Å². The van der Waals surface area contributed by atoms with Gasteiger partial charge in [0.1, 0.15) is 5.52 Å². The highest BCUT2D eigenvalue weighted by Gasteiger charge is 2.07. The van der Waals surface area contributed by atoms with Crippen LogP contribution in [0.1, 0.15) is 0 Å². The molecule has 19 heavy (non-hydrogen) atoms. The normalized spacial score (nSPS) is 10.6. The van der Waals surface area contributed by atoms with Gasteiger partial charge >= 0.3 is 0 Å². The predicted octanol–water partition coefficient (Wildman–Crippen LogP) is 2.84. The summed E-state index contributed by atoms with van der Waals surface area (Å²) in [6.45, 7) is 0. The summed E-state index contributed by atoms with van der Waals surface area (Å²) < 4.78 is 18.6. The van der Waals surface area contributed by atoms with Gasteiger partial charge in [-0.1, -0.05) is 0 Å². The van der Waals surface area contributed by atoms with Crippen LogP contribution in [-0.2, 0) is 0 Å². The molecule has 0 aliphatic heterocycles. The summed E-state index contributed by atoms with van der Waals surface area (Å²) in [5.74, 6) is -0.210. The van der Waals surface area contributed by atoms with Crippen LogP contribution in [-0.4, -0.2) is 22.1 Å². The van der Waals surface area contributed by atoms with Crippen molar-refractivity contribution in [1.82, 2.24) is 15.0 Å². The lowest BCUT2D eigenvalue weighted by molar-refractivity contribution is 0.386. The average Bonchev–Trinajstić information content (AvgIpc) is 2.46. The molecule has 2 heterocycles. The van der Waals surface area contributed by atoms with Gasteiger partial charge in [0.05, 0.1) is 30.7 Å². The second-order valence-electron chi connectivity index (χ2n) is 3.97. The van der Waals surface area contributed by atoms with Crippen molar-refractivity contribution in [3.05, 3.63) is 48.7 Å². The highest BCUT2D eigenvalue weighted by Crippen LogP contribution is 2.24. The number of halogens is 1. The first kappa shape index (κ1) is 11.5. The van der Waals surface area contributed by atoms with E-state index in [9.17, 15) is 4.39 Å². The minimum Gasteiger partial charge on any atom is -0.494 e. The molecular formula is C14H10FN3O. The molecule has 0 amide bonds. The van der Waals surface area contributed by atoms with E-state index in [0.29, 0.717) is 16.8 Å². The smallest absolute Gasteiger partial charge is 0.165 e. The van der Waals surface area contributed by atoms with Gasteiger partial charge in [-0.25, -0.2) is 9.37 Å². The standard InChI is InChI=1S/C14H10FN3O/c1-19-14-3-2-9(6-10(14)15)12-8-17-13-7-16-5-4-11(13)18-12/h2-8H,1H3. The molecular weight excluding hydrogens is 245 g/mol. The molecule has 0 aliphatic carbocycles. The summed E-state index contributed by atoms with van der Waals surface area (Å²) in [5.41, 5.74) is 2.70. The third kappa shape index (κ3) is 2.10. The lowest BCUT2D eigenvalue weighted by Gasteiger charge is -2.05. The predicted molar refractivity (Wildman–Crippen MR) is 69.3 cm³/mol. The molecule has 0 saturated carbocycles. The van der Waals surface area contributed by atoms with Crippen LogP contribution in [0.15, 0.2) is 42.9 Å². The molecule has 0 fully saturated rings. The van der Waals surface area contributed by atoms with Crippen molar-refractivity contribution < 1.29 is 9.13 Å². The zero-order valence-corrected chi connectivity index (χ0v) is 10.2. The van der Waals surface area contributed by atoms with Crippen molar-refractivity contribution in [2.24, 2.45) is 0 Å². The Kier molecular flexibility index (Phi) is 2.79. The van der Waals surface area contributed by atoms with E-state index >= 15 is 0 Å². The third-order valence-corrected chi connectivity index (χ3v) is 2.79. The number of hydrogen-bond acceptors (Lipinski definition) is 4. The topological polar surface area (TPSA) is 47.9 Å². The number of fused-ring (bicyclic) bond motifs is 1. The highest BCUT2D eigenvalue weighted by atomic mass is 19.1. The van der Waals surface area contributed by atoms with Gasteiger partial charge in [0.2, 0.25) is 0 Å². The zero-order valence-electron chi connectivity index (χ0n) is 10.2. The maximum atomic E-state index is 13.7. The van der Waals surface area contributed by atoms with Crippen molar-refractivity contribution in [3.8, 4) is 17.0 Å². The molecule has 3 rings (SSSR count). The summed E-state index contributed by atoms with van der Waals surface area (Å²) >= 11 is 0. The molecule has 0 atom stereocenters. The lowest BCUT2D eigenvalue weighted by atomic mass is 10.1. The van der Waals surface area contributed by atoms with Crippen LogP contribution >= 0.6 is 0 Å². The van der Waals surface area contributed by atoms with Gasteiger partial charge in [-0.3, -0.25) is 9.97 Å². The molecule has 0 N–H and O–H groups in total. The van der Waals surface area contributed by atoms with E-state index < -0.39 is 5.82 Å². The Balaban J connectivity index is 2.11. The molecule has 0 saturated heterocycles. The average molecular weight is 255 g/mol. The molecule has 94 valence electrons. The number of hydrogen-bond donors (Lipinski definition) is 0. The molecule has 4 nitrogen and oxygen atoms in total. The quantitative estimate of drug-likeness (QED) is 0.706. The van der Waals surface area contributed by atoms with E-state index in [1.54, 1.807) is 36.8 Å². The fourth-order valence-electron chi connectivity index (χ4n) is 1.83. The lowest BCUT2D eigenvalue weighted by Crippen LogP contribution is -1.92. The molecule has 0 aliphatic rings. The summed E-state index contributed by atoms with van der Waals surface area (Å²) in [6.07, 6.45) is 4.89. The van der Waals surface area contributed by atoms with Crippen LogP contribution in [0.5, 0.6) is 5.75 Å². The molecule has 0 unspecified atom stereocenters. The largest absolute Gasteiger partial charge is 0.494 e. The van der Waals surface area contributed by atoms with Crippen molar-refractivity contribution >= 4 is 11.0 Å². The Morgan fingerprint density at radius 3 is 2.79 bits per heavy atom. The Morgan fingerprint density at radius 1 is 1.11 bits per heavy atom. The van der Waals surface area contributed by atoms with Crippen LogP contribution in [0.2, 0.25) is 0 Å². The summed E-state index contributed by atoms with van der Waals surface area (Å²) in [7, 11) is 1.43.